The summed E-state index contributed by atoms with van der Waals surface area (Å²) in [5, 5.41) is 42.7. The summed E-state index contributed by atoms with van der Waals surface area (Å²) in [6, 6.07) is -7.85. The first kappa shape index (κ1) is 73.5. The zero-order valence-corrected chi connectivity index (χ0v) is 50.2. The molecule has 0 bridgehead atoms. The van der Waals surface area contributed by atoms with E-state index >= 15 is 0 Å². The van der Waals surface area contributed by atoms with Gasteiger partial charge in [-0.1, -0.05) is 26.0 Å². The largest absolute Gasteiger partial charge is 0.508 e. The molecule has 478 valence electrons. The number of aliphatic carboxylic acids is 1. The van der Waals surface area contributed by atoms with Crippen molar-refractivity contribution < 1.29 is 58.2 Å². The number of carbonyl (C=O) groups excluding carboxylic acids is 9. The van der Waals surface area contributed by atoms with E-state index in [9.17, 15) is 58.2 Å². The minimum absolute atomic E-state index is 0.00444. The van der Waals surface area contributed by atoms with Crippen molar-refractivity contribution in [2.75, 3.05) is 31.1 Å². The minimum Gasteiger partial charge on any atom is -0.508 e. The highest BCUT2D eigenvalue weighted by Crippen LogP contribution is 2.14. The molecule has 0 saturated carbocycles. The van der Waals surface area contributed by atoms with Gasteiger partial charge in [0.1, 0.15) is 60.1 Å². The third-order valence-electron chi connectivity index (χ3n) is 12.5. The Morgan fingerprint density at radius 3 is 1.28 bits per heavy atom. The number of amides is 9. The van der Waals surface area contributed by atoms with E-state index in [1.54, 1.807) is 13.8 Å². The molecular weight excluding hydrogens is 1160 g/mol. The fraction of sp³-hybridized carbons (Fsp3) is 0.569. The molecule has 86 heavy (non-hydrogen) atoms. The van der Waals surface area contributed by atoms with Crippen molar-refractivity contribution >= 4 is 102 Å². The predicted octanol–water partition coefficient (Wildman–Crippen LogP) is -6.22. The molecule has 1 aromatic carbocycles. The number of thiol groups is 2. The van der Waals surface area contributed by atoms with E-state index in [0.717, 1.165) is 0 Å². The predicted molar refractivity (Wildman–Crippen MR) is 325 cm³/mol. The Balaban J connectivity index is 2.59. The maximum Gasteiger partial charge on any atom is 0.327 e. The number of aliphatic imine (C=N–C) groups is 3. The van der Waals surface area contributed by atoms with Crippen LogP contribution in [0.3, 0.4) is 0 Å². The molecule has 10 atom stereocenters. The van der Waals surface area contributed by atoms with Gasteiger partial charge in [0.15, 0.2) is 17.9 Å². The van der Waals surface area contributed by atoms with Crippen LogP contribution >= 0.6 is 25.3 Å². The number of phenols is 1. The Morgan fingerprint density at radius 2 is 0.884 bits per heavy atom. The van der Waals surface area contributed by atoms with Crippen LogP contribution in [0.15, 0.2) is 51.8 Å². The van der Waals surface area contributed by atoms with Gasteiger partial charge in [-0.3, -0.25) is 58.1 Å². The Morgan fingerprint density at radius 1 is 0.512 bits per heavy atom. The van der Waals surface area contributed by atoms with Crippen LogP contribution in [0.1, 0.15) is 83.9 Å². The number of aromatic nitrogens is 2. The number of hydrogen-bond donors (Lipinski definition) is 21. The summed E-state index contributed by atoms with van der Waals surface area (Å²) in [7, 11) is 0. The van der Waals surface area contributed by atoms with Gasteiger partial charge in [-0.15, -0.1) is 0 Å². The second-order valence-electron chi connectivity index (χ2n) is 20.3. The van der Waals surface area contributed by atoms with Crippen LogP contribution in [-0.4, -0.2) is 189 Å². The lowest BCUT2D eigenvalue weighted by atomic mass is 10.0. The van der Waals surface area contributed by atoms with Gasteiger partial charge in [0.2, 0.25) is 53.2 Å². The molecule has 26 N–H and O–H groups in total. The SMILES string of the molecule is CC(C)C[C@H](NC(=O)[C@H](CCCN=C(N)N)NC(=O)[C@H](Cc1cnc[nH]1)NC(=O)[C@H](Cc1ccc(O)cc1)NC(=O)[C@H](C)NC(=O)[C@H](CS)NC(=O)[C@H](C)N)C(=O)N[C@@H](CCCN=C(N)N)C(=O)N[C@@H](CCCN=C(N)N)C(=O)N[C@@H](CS)C(=O)O. The quantitative estimate of drug-likeness (QED) is 0.0128. The van der Waals surface area contributed by atoms with E-state index in [-0.39, 0.29) is 118 Å². The molecule has 9 amide bonds. The maximum atomic E-state index is 14.6. The van der Waals surface area contributed by atoms with Crippen LogP contribution < -0.4 is 88.0 Å². The lowest BCUT2D eigenvalue weighted by Gasteiger charge is -2.28. The topological polar surface area (TPSA) is 567 Å². The Bertz CT molecular complexity index is 2650. The second kappa shape index (κ2) is 38.4. The van der Waals surface area contributed by atoms with E-state index in [0.29, 0.717) is 11.3 Å². The average molecular weight is 1250 g/mol. The highest BCUT2D eigenvalue weighted by Gasteiger charge is 2.35. The monoisotopic (exact) mass is 1250 g/mol. The van der Waals surface area contributed by atoms with E-state index in [2.05, 4.69) is 98.1 Å². The number of imidazole rings is 1. The van der Waals surface area contributed by atoms with Crippen molar-refractivity contribution in [2.24, 2.45) is 61.0 Å². The number of carboxylic acid groups (broad SMARTS) is 1. The number of aromatic hydroxyl groups is 1. The van der Waals surface area contributed by atoms with Gasteiger partial charge >= 0.3 is 5.97 Å². The van der Waals surface area contributed by atoms with Crippen molar-refractivity contribution in [2.45, 2.75) is 146 Å². The van der Waals surface area contributed by atoms with E-state index in [1.807, 2.05) is 0 Å². The van der Waals surface area contributed by atoms with Gasteiger partial charge in [0.05, 0.1) is 12.4 Å². The molecule has 1 aromatic heterocycles. The van der Waals surface area contributed by atoms with Crippen LogP contribution in [0, 0.1) is 5.92 Å². The molecule has 0 aliphatic carbocycles. The van der Waals surface area contributed by atoms with Gasteiger partial charge in [-0.05, 0) is 82.4 Å². The smallest absolute Gasteiger partial charge is 0.327 e. The van der Waals surface area contributed by atoms with E-state index in [4.69, 9.17) is 40.1 Å². The van der Waals surface area contributed by atoms with Crippen molar-refractivity contribution in [3.8, 4) is 5.75 Å². The minimum atomic E-state index is -1.52. The number of benzene rings is 1. The highest BCUT2D eigenvalue weighted by molar-refractivity contribution is 7.80. The summed E-state index contributed by atoms with van der Waals surface area (Å²) in [5.74, 6) is -10.7. The number of nitrogens with zero attached hydrogens (tertiary/aromatic N) is 4. The molecule has 0 radical (unpaired) electrons. The van der Waals surface area contributed by atoms with Gasteiger partial charge < -0.3 is 103 Å². The number of rotatable bonds is 39. The Kier molecular flexibility index (Phi) is 32.8. The summed E-state index contributed by atoms with van der Waals surface area (Å²) >= 11 is 8.14. The van der Waals surface area contributed by atoms with Crippen LogP contribution in [0.25, 0.3) is 0 Å². The molecule has 0 saturated heterocycles. The highest BCUT2D eigenvalue weighted by atomic mass is 32.1. The number of carbonyl (C=O) groups is 10. The molecule has 33 nitrogen and oxygen atoms in total. The molecule has 0 aliphatic rings. The number of guanidine groups is 3. The summed E-state index contributed by atoms with van der Waals surface area (Å²) in [4.78, 5) is 156. The Hall–Kier alpha value is -8.60. The molecule has 1 heterocycles. The molecule has 0 aliphatic heterocycles. The first-order valence-corrected chi connectivity index (χ1v) is 28.7. The van der Waals surface area contributed by atoms with E-state index < -0.39 is 120 Å². The molecule has 2 rings (SSSR count). The van der Waals surface area contributed by atoms with Crippen molar-refractivity contribution in [1.29, 1.82) is 0 Å². The number of phenolic OH excluding ortho intramolecular Hbond substituents is 1. The fourth-order valence-electron chi connectivity index (χ4n) is 7.92. The maximum absolute atomic E-state index is 14.6. The first-order valence-electron chi connectivity index (χ1n) is 27.4. The van der Waals surface area contributed by atoms with Crippen LogP contribution in [-0.2, 0) is 60.8 Å². The number of carboxylic acids is 1. The van der Waals surface area contributed by atoms with Gasteiger partial charge in [0, 0.05) is 55.9 Å². The number of nitrogens with one attached hydrogen (secondary N) is 10. The van der Waals surface area contributed by atoms with Crippen LogP contribution in [0.5, 0.6) is 5.75 Å². The molecular formula is C51H85N21O12S2. The molecule has 0 spiro atoms. The number of hydrogen-bond acceptors (Lipinski definition) is 18. The van der Waals surface area contributed by atoms with Crippen molar-refractivity contribution in [3.05, 3.63) is 48.0 Å². The van der Waals surface area contributed by atoms with Crippen molar-refractivity contribution in [1.82, 2.24) is 57.8 Å². The summed E-state index contributed by atoms with van der Waals surface area (Å²) in [6.07, 6.45) is 2.16. The van der Waals surface area contributed by atoms with Crippen LogP contribution in [0.4, 0.5) is 0 Å². The summed E-state index contributed by atoms with van der Waals surface area (Å²) in [5.41, 5.74) is 39.5. The van der Waals surface area contributed by atoms with Gasteiger partial charge in [0.25, 0.3) is 0 Å². The zero-order chi connectivity index (χ0) is 64.6. The molecule has 2 aromatic rings. The van der Waals surface area contributed by atoms with Gasteiger partial charge in [-0.25, -0.2) is 9.78 Å². The number of aromatic amines is 1. The number of nitrogens with two attached hydrogens (primary N) is 7. The normalized spacial score (nSPS) is 14.4. The first-order chi connectivity index (χ1) is 40.5. The van der Waals surface area contributed by atoms with Gasteiger partial charge in [-0.2, -0.15) is 25.3 Å². The third-order valence-corrected chi connectivity index (χ3v) is 13.2. The average Bonchev–Trinajstić information content (AvgIpc) is 3.04. The lowest BCUT2D eigenvalue weighted by Crippen LogP contribution is -2.61. The second-order valence-corrected chi connectivity index (χ2v) is 21.1. The molecule has 0 unspecified atom stereocenters. The molecule has 35 heteroatoms. The van der Waals surface area contributed by atoms with E-state index in [1.165, 1.54) is 50.6 Å². The Labute approximate surface area is 508 Å². The fourth-order valence-corrected chi connectivity index (χ4v) is 8.42. The zero-order valence-electron chi connectivity index (χ0n) is 48.4. The summed E-state index contributed by atoms with van der Waals surface area (Å²) < 4.78 is 0. The van der Waals surface area contributed by atoms with Crippen molar-refractivity contribution in [3.63, 3.8) is 0 Å². The number of H-pyrrole nitrogens is 1. The summed E-state index contributed by atoms with van der Waals surface area (Å²) in [6.45, 7) is 6.26. The molecule has 0 fully saturated rings. The third kappa shape index (κ3) is 28.3. The standard InChI is InChI=1S/C51H85N21O12S2/c1-25(2)18-34(44(79)66-31(8-5-15-60-49(53)54)41(76)65-33(10-7-17-62-51(57)58)43(78)72-38(23-86)48(83)84)69-42(77)32(9-6-16-61-50(55)56)67-46(81)36(20-29-21-59-24-63-29)70-45(80)35(19-28-11-13-30(73)14-12-28)68-40(75)27(4)64-47(82)37(22-85)71-39(74)26(3)52/h11-14,21,24-27,31-38,73,85-86H,5-10,15-20,22-23,52H2,1-4H3,(H,59,63)(H,64,82)(H,65,76)(H,66,79)(H,67,81)(H,68,75)(H,69,77)(H,70,80)(H,71,74)(H,72,78)(H,83,84)(H4,53,54,60)(H4,55,56,61)(H4,57,58,62)/t26-,27-,31-,32-,33-,34-,35-,36-,37-,38-/m0/s1. The lowest BCUT2D eigenvalue weighted by molar-refractivity contribution is -0.141. The van der Waals surface area contributed by atoms with Crippen LogP contribution in [0.2, 0.25) is 0 Å².